The lowest BCUT2D eigenvalue weighted by Gasteiger charge is -2.19. The van der Waals surface area contributed by atoms with E-state index < -0.39 is 38.3 Å². The van der Waals surface area contributed by atoms with Gasteiger partial charge in [-0.25, -0.2) is 14.2 Å². The number of aromatic amines is 1. The average molecular weight is 612 g/mol. The number of imidazole rings is 1. The summed E-state index contributed by atoms with van der Waals surface area (Å²) in [7, 11) is -2.56. The Morgan fingerprint density at radius 2 is 1.98 bits per heavy atom. The minimum Gasteiger partial charge on any atom is -0.495 e. The van der Waals surface area contributed by atoms with Crippen LogP contribution in [0.15, 0.2) is 53.6 Å². The molecule has 2 aromatic carbocycles. The van der Waals surface area contributed by atoms with Crippen LogP contribution in [0.1, 0.15) is 5.56 Å². The summed E-state index contributed by atoms with van der Waals surface area (Å²) in [6.45, 7) is -0.843. The zero-order valence-corrected chi connectivity index (χ0v) is 23.1. The molecule has 0 aliphatic rings. The van der Waals surface area contributed by atoms with E-state index in [1.807, 2.05) is 0 Å². The van der Waals surface area contributed by atoms with E-state index in [1.165, 1.54) is 30.1 Å². The molecule has 0 saturated heterocycles. The van der Waals surface area contributed by atoms with Gasteiger partial charge in [0, 0.05) is 6.54 Å². The second-order valence-corrected chi connectivity index (χ2v) is 10.6. The van der Waals surface area contributed by atoms with Crippen LogP contribution in [0.5, 0.6) is 11.5 Å². The van der Waals surface area contributed by atoms with Gasteiger partial charge in [-0.15, -0.1) is 0 Å². The topological polar surface area (TPSA) is 179 Å². The first-order valence-corrected chi connectivity index (χ1v) is 13.9. The summed E-state index contributed by atoms with van der Waals surface area (Å²) in [6.07, 6.45) is -0.327. The number of anilines is 1. The predicted molar refractivity (Wildman–Crippen MR) is 143 cm³/mol. The number of carbonyl (C=O) groups is 1. The molecular formula is C24H24ClFN5O9P. The molecule has 3 N–H and O–H groups in total. The Hall–Kier alpha value is -4.01. The molecule has 0 spiro atoms. The Labute approximate surface area is 236 Å². The molecule has 0 amide bonds. The Kier molecular flexibility index (Phi) is 9.91. The third kappa shape index (κ3) is 8.25. The van der Waals surface area contributed by atoms with Gasteiger partial charge in [0.15, 0.2) is 11.2 Å². The van der Waals surface area contributed by atoms with Gasteiger partial charge in [-0.2, -0.15) is 4.98 Å². The summed E-state index contributed by atoms with van der Waals surface area (Å²) in [6, 6.07) is 9.47. The molecule has 1 atom stereocenters. The number of nitrogens with one attached hydrogen (secondary N) is 1. The van der Waals surface area contributed by atoms with Gasteiger partial charge >= 0.3 is 13.8 Å². The molecule has 1 unspecified atom stereocenters. The third-order valence-corrected chi connectivity index (χ3v) is 7.12. The zero-order chi connectivity index (χ0) is 29.4. The normalized spacial score (nSPS) is 12.7. The number of nitrogens with two attached hydrogens (primary N) is 1. The second kappa shape index (κ2) is 13.6. The molecule has 0 radical (unpaired) electrons. The number of aromatic nitrogens is 4. The van der Waals surface area contributed by atoms with Crippen molar-refractivity contribution in [3.63, 3.8) is 0 Å². The van der Waals surface area contributed by atoms with Crippen molar-refractivity contribution in [2.75, 3.05) is 32.6 Å². The number of hydrogen-bond acceptors (Lipinski definition) is 12. The van der Waals surface area contributed by atoms with Gasteiger partial charge in [-0.1, -0.05) is 17.7 Å². The third-order valence-electron chi connectivity index (χ3n) is 5.30. The highest BCUT2D eigenvalue weighted by Crippen LogP contribution is 2.49. The Bertz CT molecular complexity index is 1620. The van der Waals surface area contributed by atoms with E-state index in [9.17, 15) is 18.5 Å². The molecule has 0 bridgehead atoms. The molecule has 218 valence electrons. The fraction of sp³-hybridized carbons (Fsp3) is 0.250. The monoisotopic (exact) mass is 611 g/mol. The highest BCUT2D eigenvalue weighted by atomic mass is 35.5. The van der Waals surface area contributed by atoms with E-state index in [4.69, 9.17) is 45.3 Å². The highest BCUT2D eigenvalue weighted by Gasteiger charge is 2.27. The summed E-state index contributed by atoms with van der Waals surface area (Å²) < 4.78 is 59.2. The number of hydrogen-bond donors (Lipinski definition) is 2. The van der Waals surface area contributed by atoms with Crippen molar-refractivity contribution in [1.82, 2.24) is 19.5 Å². The summed E-state index contributed by atoms with van der Waals surface area (Å²) >= 11 is 6.15. The van der Waals surface area contributed by atoms with Gasteiger partial charge < -0.3 is 33.8 Å². The number of H-pyrrole nitrogens is 1. The predicted octanol–water partition coefficient (Wildman–Crippen LogP) is 4.08. The summed E-state index contributed by atoms with van der Waals surface area (Å²) in [5.41, 5.74) is 6.01. The quantitative estimate of drug-likeness (QED) is 0.0728. The van der Waals surface area contributed by atoms with E-state index in [0.717, 1.165) is 12.1 Å². The fourth-order valence-corrected chi connectivity index (χ4v) is 4.76. The maximum absolute atomic E-state index is 13.4. The fourth-order valence-electron chi connectivity index (χ4n) is 3.34. The molecule has 0 aliphatic carbocycles. The number of fused-ring (bicyclic) bond motifs is 1. The lowest BCUT2D eigenvalue weighted by atomic mass is 10.2. The van der Waals surface area contributed by atoms with Crippen molar-refractivity contribution in [2.24, 2.45) is 0 Å². The second-order valence-electron chi connectivity index (χ2n) is 8.15. The minimum absolute atomic E-state index is 0.0155. The Morgan fingerprint density at radius 1 is 1.20 bits per heavy atom. The molecule has 4 rings (SSSR count). The maximum atomic E-state index is 13.4. The first kappa shape index (κ1) is 30.0. The van der Waals surface area contributed by atoms with Gasteiger partial charge in [0.1, 0.15) is 23.7 Å². The number of ether oxygens (including phenoxy) is 4. The molecule has 4 aromatic rings. The van der Waals surface area contributed by atoms with Crippen LogP contribution in [0.2, 0.25) is 5.02 Å². The molecule has 0 fully saturated rings. The number of benzene rings is 2. The van der Waals surface area contributed by atoms with Gasteiger partial charge in [-0.3, -0.25) is 18.9 Å². The standard InChI is InChI=1S/C24H24ClFN5O9P/c1-35-19-7-2-15(10-18(19)25)11-38-41(34,39-13-37-24(33)40-17-5-3-16(26)4-6-17)14-36-9-8-31-12-28-20-21(31)29-23(27)30-22(20)32/h2-7,10,12H,8-9,11,13-14H2,1H3,(H3,27,29,30,32). The Morgan fingerprint density at radius 3 is 2.71 bits per heavy atom. The van der Waals surface area contributed by atoms with Gasteiger partial charge in [-0.05, 0) is 42.0 Å². The Balaban J connectivity index is 1.36. The van der Waals surface area contributed by atoms with Crippen LogP contribution in [0.3, 0.4) is 0 Å². The average Bonchev–Trinajstić information content (AvgIpc) is 3.34. The summed E-state index contributed by atoms with van der Waals surface area (Å²) in [5, 5.41) is 0.313. The molecular weight excluding hydrogens is 588 g/mol. The van der Waals surface area contributed by atoms with Gasteiger partial charge in [0.25, 0.3) is 5.56 Å². The summed E-state index contributed by atoms with van der Waals surface area (Å²) in [4.78, 5) is 34.3. The molecule has 0 aliphatic heterocycles. The molecule has 14 nitrogen and oxygen atoms in total. The number of carbonyl (C=O) groups excluding carboxylic acids is 1. The van der Waals surface area contributed by atoms with Crippen molar-refractivity contribution in [1.29, 1.82) is 0 Å². The smallest absolute Gasteiger partial charge is 0.495 e. The SMILES string of the molecule is COc1ccc(COP(=O)(COCCn2cnc3c(=O)[nH]c(N)nc32)OCOC(=O)Oc2ccc(F)cc2)cc1Cl. The molecule has 17 heteroatoms. The number of methoxy groups -OCH3 is 1. The van der Waals surface area contributed by atoms with Crippen LogP contribution in [0.4, 0.5) is 15.1 Å². The molecule has 41 heavy (non-hydrogen) atoms. The van der Waals surface area contributed by atoms with Crippen molar-refractivity contribution >= 4 is 42.5 Å². The van der Waals surface area contributed by atoms with Crippen molar-refractivity contribution in [3.05, 3.63) is 75.5 Å². The first-order chi connectivity index (χ1) is 19.7. The van der Waals surface area contributed by atoms with E-state index in [0.29, 0.717) is 16.3 Å². The summed E-state index contributed by atoms with van der Waals surface area (Å²) in [5.74, 6) is -0.119. The number of halogens is 2. The molecule has 2 aromatic heterocycles. The van der Waals surface area contributed by atoms with Crippen LogP contribution >= 0.6 is 19.2 Å². The number of nitrogen functional groups attached to an aromatic ring is 1. The van der Waals surface area contributed by atoms with Crippen molar-refractivity contribution < 1.29 is 41.7 Å². The highest BCUT2D eigenvalue weighted by molar-refractivity contribution is 7.53. The van der Waals surface area contributed by atoms with Crippen LogP contribution < -0.4 is 20.8 Å². The lowest BCUT2D eigenvalue weighted by molar-refractivity contribution is 0.0154. The van der Waals surface area contributed by atoms with Crippen molar-refractivity contribution in [3.8, 4) is 11.5 Å². The van der Waals surface area contributed by atoms with E-state index in [2.05, 4.69) is 15.0 Å². The maximum Gasteiger partial charge on any atom is 0.515 e. The van der Waals surface area contributed by atoms with Crippen LogP contribution in [-0.2, 0) is 36.2 Å². The lowest BCUT2D eigenvalue weighted by Crippen LogP contribution is -2.15. The first-order valence-electron chi connectivity index (χ1n) is 11.7. The molecule has 2 heterocycles. The van der Waals surface area contributed by atoms with Crippen LogP contribution in [-0.4, -0.2) is 52.5 Å². The van der Waals surface area contributed by atoms with Crippen molar-refractivity contribution in [2.45, 2.75) is 13.2 Å². The van der Waals surface area contributed by atoms with Gasteiger partial charge in [0.2, 0.25) is 12.7 Å². The van der Waals surface area contributed by atoms with Gasteiger partial charge in [0.05, 0.1) is 31.7 Å². The van der Waals surface area contributed by atoms with E-state index in [1.54, 1.807) is 18.2 Å². The van der Waals surface area contributed by atoms with E-state index >= 15 is 0 Å². The number of rotatable bonds is 13. The molecule has 0 saturated carbocycles. The minimum atomic E-state index is -4.03. The largest absolute Gasteiger partial charge is 0.515 e. The van der Waals surface area contributed by atoms with Crippen LogP contribution in [0.25, 0.3) is 11.2 Å². The number of nitrogens with zero attached hydrogens (tertiary/aromatic N) is 3. The zero-order valence-electron chi connectivity index (χ0n) is 21.5. The van der Waals surface area contributed by atoms with Crippen LogP contribution in [0, 0.1) is 5.82 Å². The van der Waals surface area contributed by atoms with E-state index in [-0.39, 0.29) is 42.6 Å².